The van der Waals surface area contributed by atoms with Gasteiger partial charge >= 0.3 is 12.2 Å². The number of likely N-dealkylation sites (tertiary alicyclic amines) is 2. The summed E-state index contributed by atoms with van der Waals surface area (Å²) < 4.78 is 11.0. The van der Waals surface area contributed by atoms with Crippen LogP contribution in [0.4, 0.5) is 9.59 Å². The van der Waals surface area contributed by atoms with E-state index in [0.29, 0.717) is 24.9 Å². The lowest BCUT2D eigenvalue weighted by atomic mass is 9.71. The van der Waals surface area contributed by atoms with Crippen molar-refractivity contribution in [3.8, 4) is 11.3 Å². The standard InChI is InChI=1S/C53H78N8O6/c1-31(2)43(58-49(64)66-51(5,6)7)47(62)60-27-13-15-40(60)45-54-29-38(56-45)34-19-17-33(18-20-34)35-21-22-36(37-23-26-53(42(35)37)24-11-12-25-53)39-30-55-46(57-39)41-16-14-28-61(41)48(63)44(32(3)4)59-50(65)67-52(8,9)10/h21-22,29-34,40-41,43-44H,11-20,23-28H2,1-10H3,(H,54,56)(H,55,57)(H,58,64)(H,59,65). The van der Waals surface area contributed by atoms with E-state index < -0.39 is 35.5 Å². The van der Waals surface area contributed by atoms with E-state index in [9.17, 15) is 19.2 Å². The van der Waals surface area contributed by atoms with Crippen LogP contribution in [0.3, 0.4) is 0 Å². The summed E-state index contributed by atoms with van der Waals surface area (Å²) in [6.45, 7) is 20.0. The third kappa shape index (κ3) is 10.4. The highest BCUT2D eigenvalue weighted by Crippen LogP contribution is 2.56. The molecule has 3 aliphatic carbocycles. The van der Waals surface area contributed by atoms with Crippen LogP contribution in [0.5, 0.6) is 0 Å². The first-order chi connectivity index (χ1) is 31.7. The number of H-pyrrole nitrogens is 2. The molecule has 67 heavy (non-hydrogen) atoms. The summed E-state index contributed by atoms with van der Waals surface area (Å²) in [7, 11) is 0. The Balaban J connectivity index is 0.960. The Labute approximate surface area is 398 Å². The molecule has 0 radical (unpaired) electrons. The number of imidazole rings is 2. The number of rotatable bonds is 11. The number of carbonyl (C=O) groups is 4. The summed E-state index contributed by atoms with van der Waals surface area (Å²) in [6.07, 6.45) is 17.9. The summed E-state index contributed by atoms with van der Waals surface area (Å²) in [4.78, 5) is 74.7. The lowest BCUT2D eigenvalue weighted by Gasteiger charge is -2.34. The second-order valence-corrected chi connectivity index (χ2v) is 23.1. The number of aromatic amines is 2. The maximum atomic E-state index is 14.1. The van der Waals surface area contributed by atoms with Crippen molar-refractivity contribution in [2.75, 3.05) is 13.1 Å². The van der Waals surface area contributed by atoms with Gasteiger partial charge in [-0.15, -0.1) is 0 Å². The van der Waals surface area contributed by atoms with Crippen LogP contribution in [-0.2, 0) is 30.9 Å². The van der Waals surface area contributed by atoms with E-state index in [4.69, 9.17) is 19.4 Å². The van der Waals surface area contributed by atoms with Crippen LogP contribution in [-0.4, -0.2) is 90.1 Å². The molecule has 14 heteroatoms. The summed E-state index contributed by atoms with van der Waals surface area (Å²) in [5.74, 6) is 2.10. The van der Waals surface area contributed by atoms with E-state index in [1.165, 1.54) is 43.2 Å². The highest BCUT2D eigenvalue weighted by molar-refractivity contribution is 5.87. The molecule has 3 aromatic rings. The quantitative estimate of drug-likeness (QED) is 0.147. The van der Waals surface area contributed by atoms with Gasteiger partial charge < -0.3 is 39.9 Å². The smallest absolute Gasteiger partial charge is 0.408 e. The Bertz CT molecular complexity index is 2270. The minimum atomic E-state index is -0.699. The molecule has 4 atom stereocenters. The average Bonchev–Trinajstić information content (AvgIpc) is 4.12. The molecule has 2 saturated heterocycles. The van der Waals surface area contributed by atoms with E-state index in [1.54, 1.807) is 11.1 Å². The van der Waals surface area contributed by atoms with Crippen molar-refractivity contribution in [1.29, 1.82) is 0 Å². The highest BCUT2D eigenvalue weighted by Gasteiger charge is 2.46. The van der Waals surface area contributed by atoms with Crippen LogP contribution in [0, 0.1) is 11.8 Å². The number of alkyl carbamates (subject to hydrolysis) is 2. The molecule has 0 bridgehead atoms. The van der Waals surface area contributed by atoms with Crippen LogP contribution in [0.15, 0.2) is 24.5 Å². The Morgan fingerprint density at radius 1 is 0.672 bits per heavy atom. The second kappa shape index (κ2) is 19.3. The number of hydrogen-bond donors (Lipinski definition) is 4. The van der Waals surface area contributed by atoms with Gasteiger partial charge in [-0.3, -0.25) is 9.59 Å². The zero-order valence-corrected chi connectivity index (χ0v) is 42.0. The Morgan fingerprint density at radius 3 is 1.70 bits per heavy atom. The third-order valence-corrected chi connectivity index (χ3v) is 15.3. The van der Waals surface area contributed by atoms with Crippen molar-refractivity contribution in [3.63, 3.8) is 0 Å². The monoisotopic (exact) mass is 923 g/mol. The number of nitrogens with one attached hydrogen (secondary N) is 4. The molecule has 4 amide bonds. The van der Waals surface area contributed by atoms with Crippen molar-refractivity contribution >= 4 is 24.0 Å². The second-order valence-electron chi connectivity index (χ2n) is 23.1. The fraction of sp³-hybridized carbons (Fsp3) is 0.698. The third-order valence-electron chi connectivity index (χ3n) is 15.3. The molecule has 2 saturated carbocycles. The summed E-state index contributed by atoms with van der Waals surface area (Å²) in [5.41, 5.74) is 6.97. The summed E-state index contributed by atoms with van der Waals surface area (Å²) in [6, 6.07) is 3.05. The number of hydrogen-bond acceptors (Lipinski definition) is 8. The van der Waals surface area contributed by atoms with Gasteiger partial charge in [0.05, 0.1) is 24.0 Å². The average molecular weight is 923 g/mol. The topological polar surface area (TPSA) is 175 Å². The van der Waals surface area contributed by atoms with Gasteiger partial charge in [-0.25, -0.2) is 19.6 Å². The SMILES string of the molecule is CC(C)C(NC(=O)OC(C)(C)C)C(=O)N1CCCC1c1ncc(-c2ccc(C3CCC(c4cnc(C5CCCN5C(=O)C(NC(=O)OC(C)(C)C)C(C)C)[nH]4)CC3)c3c2CCC32CCCC2)[nH]1. The Kier molecular flexibility index (Phi) is 14.0. The summed E-state index contributed by atoms with van der Waals surface area (Å²) >= 11 is 0. The number of carbonyl (C=O) groups excluding carboxylic acids is 4. The normalized spacial score (nSPS) is 23.8. The molecule has 2 aliphatic heterocycles. The van der Waals surface area contributed by atoms with Gasteiger partial charge in [0, 0.05) is 36.5 Å². The maximum Gasteiger partial charge on any atom is 0.408 e. The zero-order chi connectivity index (χ0) is 48.0. The van der Waals surface area contributed by atoms with Crippen molar-refractivity contribution in [2.24, 2.45) is 11.8 Å². The lowest BCUT2D eigenvalue weighted by Crippen LogP contribution is -2.52. The molecule has 1 spiro atoms. The van der Waals surface area contributed by atoms with Gasteiger partial charge in [-0.1, -0.05) is 52.7 Å². The molecule has 366 valence electrons. The molecule has 5 aliphatic rings. The zero-order valence-electron chi connectivity index (χ0n) is 42.0. The molecule has 8 rings (SSSR count). The minimum absolute atomic E-state index is 0.0911. The molecule has 2 aromatic heterocycles. The van der Waals surface area contributed by atoms with Gasteiger partial charge in [-0.2, -0.15) is 0 Å². The van der Waals surface area contributed by atoms with Gasteiger partial charge in [0.1, 0.15) is 34.9 Å². The highest BCUT2D eigenvalue weighted by atomic mass is 16.6. The fourth-order valence-corrected chi connectivity index (χ4v) is 12.2. The number of amides is 4. The van der Waals surface area contributed by atoms with Crippen LogP contribution in [0.25, 0.3) is 11.3 Å². The molecular weight excluding hydrogens is 845 g/mol. The first-order valence-electron chi connectivity index (χ1n) is 25.6. The Hall–Kier alpha value is -4.88. The van der Waals surface area contributed by atoms with Crippen LogP contribution in [0.1, 0.15) is 211 Å². The predicted octanol–water partition coefficient (Wildman–Crippen LogP) is 10.4. The van der Waals surface area contributed by atoms with E-state index in [1.807, 2.05) is 91.4 Å². The molecular formula is C53H78N8O6. The van der Waals surface area contributed by atoms with Crippen molar-refractivity contribution in [2.45, 2.75) is 212 Å². The van der Waals surface area contributed by atoms with Crippen molar-refractivity contribution < 1.29 is 28.7 Å². The summed E-state index contributed by atoms with van der Waals surface area (Å²) in [5, 5.41) is 5.72. The number of aromatic nitrogens is 4. The van der Waals surface area contributed by atoms with Gasteiger partial charge in [0.2, 0.25) is 11.8 Å². The molecule has 4 heterocycles. The molecule has 1 aromatic carbocycles. The van der Waals surface area contributed by atoms with Crippen molar-refractivity contribution in [3.05, 3.63) is 58.6 Å². The van der Waals surface area contributed by atoms with Crippen LogP contribution in [0.2, 0.25) is 0 Å². The molecule has 4 unspecified atom stereocenters. The number of ether oxygens (including phenoxy) is 2. The first-order valence-corrected chi connectivity index (χ1v) is 25.6. The van der Waals surface area contributed by atoms with Gasteiger partial charge in [0.25, 0.3) is 0 Å². The van der Waals surface area contributed by atoms with E-state index in [-0.39, 0.29) is 41.1 Å². The van der Waals surface area contributed by atoms with E-state index in [2.05, 4.69) is 32.7 Å². The minimum Gasteiger partial charge on any atom is -0.444 e. The van der Waals surface area contributed by atoms with Crippen LogP contribution < -0.4 is 10.6 Å². The fourth-order valence-electron chi connectivity index (χ4n) is 12.2. The number of nitrogens with zero attached hydrogens (tertiary/aromatic N) is 4. The maximum absolute atomic E-state index is 14.1. The predicted molar refractivity (Wildman–Crippen MR) is 258 cm³/mol. The Morgan fingerprint density at radius 2 is 1.18 bits per heavy atom. The molecule has 14 nitrogen and oxygen atoms in total. The van der Waals surface area contributed by atoms with Gasteiger partial charge in [0.15, 0.2) is 0 Å². The molecule has 4 N–H and O–H groups in total. The number of benzene rings is 1. The van der Waals surface area contributed by atoms with Crippen LogP contribution >= 0.6 is 0 Å². The van der Waals surface area contributed by atoms with Gasteiger partial charge in [-0.05, 0) is 158 Å². The lowest BCUT2D eigenvalue weighted by molar-refractivity contribution is -0.136. The van der Waals surface area contributed by atoms with E-state index in [0.717, 1.165) is 80.8 Å². The molecule has 4 fully saturated rings. The largest absolute Gasteiger partial charge is 0.444 e. The number of fused-ring (bicyclic) bond motifs is 2. The van der Waals surface area contributed by atoms with E-state index >= 15 is 0 Å². The van der Waals surface area contributed by atoms with Crippen molar-refractivity contribution in [1.82, 2.24) is 40.4 Å². The first kappa shape index (κ1) is 48.6.